The Hall–Kier alpha value is -3.21. The van der Waals surface area contributed by atoms with Crippen molar-refractivity contribution in [1.29, 1.82) is 0 Å². The molecule has 2 aromatic carbocycles. The number of para-hydroxylation sites is 1. The topological polar surface area (TPSA) is 52.8 Å². The molecule has 5 nitrogen and oxygen atoms in total. The van der Waals surface area contributed by atoms with Gasteiger partial charge in [0, 0.05) is 5.56 Å². The van der Waals surface area contributed by atoms with Gasteiger partial charge in [0.2, 0.25) is 0 Å². The summed E-state index contributed by atoms with van der Waals surface area (Å²) in [6, 6.07) is 17.8. The molecule has 0 bridgehead atoms. The summed E-state index contributed by atoms with van der Waals surface area (Å²) in [5, 5.41) is 5.39. The summed E-state index contributed by atoms with van der Waals surface area (Å²) in [5.74, 6) is 0.819. The molecule has 0 atom stereocenters. The second-order valence-corrected chi connectivity index (χ2v) is 5.08. The van der Waals surface area contributed by atoms with Gasteiger partial charge in [-0.1, -0.05) is 18.2 Å². The Labute approximate surface area is 133 Å². The average molecular weight is 302 g/mol. The van der Waals surface area contributed by atoms with E-state index >= 15 is 0 Å². The molecular formula is C18H14N4O. The van der Waals surface area contributed by atoms with Crippen LogP contribution in [0.15, 0.2) is 67.1 Å². The molecule has 4 aromatic rings. The quantitative estimate of drug-likeness (QED) is 0.581. The summed E-state index contributed by atoms with van der Waals surface area (Å²) in [4.78, 5) is 8.84. The van der Waals surface area contributed by atoms with Crippen LogP contribution >= 0.6 is 0 Å². The van der Waals surface area contributed by atoms with Crippen molar-refractivity contribution in [3.8, 4) is 22.7 Å². The normalized spacial score (nSPS) is 10.8. The third-order valence-electron chi connectivity index (χ3n) is 3.73. The van der Waals surface area contributed by atoms with Gasteiger partial charge in [-0.15, -0.1) is 0 Å². The van der Waals surface area contributed by atoms with Gasteiger partial charge < -0.3 is 4.74 Å². The maximum atomic E-state index is 5.21. The van der Waals surface area contributed by atoms with Gasteiger partial charge in [-0.05, 0) is 36.4 Å². The Kier molecular flexibility index (Phi) is 3.24. The lowest BCUT2D eigenvalue weighted by atomic mass is 10.1. The average Bonchev–Trinajstić information content (AvgIpc) is 3.07. The van der Waals surface area contributed by atoms with Crippen LogP contribution in [0.5, 0.6) is 5.75 Å². The molecule has 23 heavy (non-hydrogen) atoms. The fourth-order valence-electron chi connectivity index (χ4n) is 2.58. The van der Waals surface area contributed by atoms with Crippen molar-refractivity contribution in [2.24, 2.45) is 0 Å². The molecule has 0 aliphatic rings. The SMILES string of the molecule is COc1ccc(-c2ncnc3c2cnn3-c2ccccc2)cc1. The maximum Gasteiger partial charge on any atom is 0.166 e. The van der Waals surface area contributed by atoms with Crippen molar-refractivity contribution in [3.05, 3.63) is 67.1 Å². The Morgan fingerprint density at radius 3 is 2.43 bits per heavy atom. The van der Waals surface area contributed by atoms with Crippen molar-refractivity contribution < 1.29 is 4.74 Å². The van der Waals surface area contributed by atoms with Crippen LogP contribution in [-0.4, -0.2) is 26.9 Å². The number of methoxy groups -OCH3 is 1. The van der Waals surface area contributed by atoms with Crippen molar-refractivity contribution in [1.82, 2.24) is 19.7 Å². The van der Waals surface area contributed by atoms with Crippen LogP contribution in [0.4, 0.5) is 0 Å². The molecule has 0 fully saturated rings. The number of nitrogens with zero attached hydrogens (tertiary/aromatic N) is 4. The first-order chi connectivity index (χ1) is 11.4. The Morgan fingerprint density at radius 2 is 1.70 bits per heavy atom. The lowest BCUT2D eigenvalue weighted by molar-refractivity contribution is 0.415. The van der Waals surface area contributed by atoms with Crippen LogP contribution < -0.4 is 4.74 Å². The summed E-state index contributed by atoms with van der Waals surface area (Å²) in [7, 11) is 1.65. The van der Waals surface area contributed by atoms with Gasteiger partial charge in [-0.25, -0.2) is 14.6 Å². The molecule has 5 heteroatoms. The highest BCUT2D eigenvalue weighted by atomic mass is 16.5. The van der Waals surface area contributed by atoms with Crippen LogP contribution in [0.25, 0.3) is 28.0 Å². The minimum atomic E-state index is 0.789. The van der Waals surface area contributed by atoms with Gasteiger partial charge in [-0.2, -0.15) is 5.10 Å². The minimum absolute atomic E-state index is 0.789. The number of rotatable bonds is 3. The fourth-order valence-corrected chi connectivity index (χ4v) is 2.58. The Balaban J connectivity index is 1.87. The molecule has 0 saturated heterocycles. The Bertz CT molecular complexity index is 946. The highest BCUT2D eigenvalue weighted by molar-refractivity contribution is 5.90. The van der Waals surface area contributed by atoms with Crippen molar-refractivity contribution in [2.45, 2.75) is 0 Å². The zero-order chi connectivity index (χ0) is 15.6. The zero-order valence-electron chi connectivity index (χ0n) is 12.5. The standard InChI is InChI=1S/C18H14N4O/c1-23-15-9-7-13(8-10-15)17-16-11-21-22(18(16)20-12-19-17)14-5-3-2-4-6-14/h2-12H,1H3. The Morgan fingerprint density at radius 1 is 0.913 bits per heavy atom. The summed E-state index contributed by atoms with van der Waals surface area (Å²) >= 11 is 0. The predicted octanol–water partition coefficient (Wildman–Crippen LogP) is 3.49. The third-order valence-corrected chi connectivity index (χ3v) is 3.73. The van der Waals surface area contributed by atoms with E-state index in [0.29, 0.717) is 0 Å². The summed E-state index contributed by atoms with van der Waals surface area (Å²) in [5.41, 5.74) is 3.63. The van der Waals surface area contributed by atoms with Crippen molar-refractivity contribution in [2.75, 3.05) is 7.11 Å². The summed E-state index contributed by atoms with van der Waals surface area (Å²) in [6.07, 6.45) is 3.38. The molecule has 0 spiro atoms. The third kappa shape index (κ3) is 2.32. The van der Waals surface area contributed by atoms with E-state index in [1.165, 1.54) is 0 Å². The lowest BCUT2D eigenvalue weighted by Crippen LogP contribution is -1.97. The van der Waals surface area contributed by atoms with Gasteiger partial charge in [0.15, 0.2) is 5.65 Å². The van der Waals surface area contributed by atoms with Crippen LogP contribution in [-0.2, 0) is 0 Å². The molecule has 0 unspecified atom stereocenters. The van der Waals surface area contributed by atoms with E-state index < -0.39 is 0 Å². The molecule has 0 N–H and O–H groups in total. The van der Waals surface area contributed by atoms with Gasteiger partial charge in [0.05, 0.1) is 30.1 Å². The number of ether oxygens (including phenoxy) is 1. The second-order valence-electron chi connectivity index (χ2n) is 5.08. The minimum Gasteiger partial charge on any atom is -0.497 e. The molecule has 112 valence electrons. The largest absolute Gasteiger partial charge is 0.497 e. The second kappa shape index (κ2) is 5.53. The number of hydrogen-bond donors (Lipinski definition) is 0. The molecule has 0 radical (unpaired) electrons. The molecule has 4 rings (SSSR count). The number of aromatic nitrogens is 4. The van der Waals surface area contributed by atoms with E-state index in [-0.39, 0.29) is 0 Å². The van der Waals surface area contributed by atoms with E-state index in [4.69, 9.17) is 4.74 Å². The van der Waals surface area contributed by atoms with Gasteiger partial charge >= 0.3 is 0 Å². The molecular weight excluding hydrogens is 288 g/mol. The van der Waals surface area contributed by atoms with Crippen LogP contribution in [0.3, 0.4) is 0 Å². The highest BCUT2D eigenvalue weighted by Crippen LogP contribution is 2.27. The van der Waals surface area contributed by atoms with Gasteiger partial charge in [-0.3, -0.25) is 0 Å². The first kappa shape index (κ1) is 13.5. The predicted molar refractivity (Wildman–Crippen MR) is 88.6 cm³/mol. The van der Waals surface area contributed by atoms with E-state index in [1.54, 1.807) is 13.4 Å². The van der Waals surface area contributed by atoms with Gasteiger partial charge in [0.1, 0.15) is 12.1 Å². The zero-order valence-corrected chi connectivity index (χ0v) is 12.5. The molecule has 0 amide bonds. The molecule has 2 aromatic heterocycles. The van der Waals surface area contributed by atoms with E-state index in [1.807, 2.05) is 65.5 Å². The first-order valence-electron chi connectivity index (χ1n) is 7.25. The van der Waals surface area contributed by atoms with Gasteiger partial charge in [0.25, 0.3) is 0 Å². The van der Waals surface area contributed by atoms with Crippen molar-refractivity contribution in [3.63, 3.8) is 0 Å². The van der Waals surface area contributed by atoms with Crippen molar-refractivity contribution >= 4 is 11.0 Å². The molecule has 0 aliphatic heterocycles. The van der Waals surface area contributed by atoms with E-state index in [9.17, 15) is 0 Å². The van der Waals surface area contributed by atoms with Crippen LogP contribution in [0.1, 0.15) is 0 Å². The first-order valence-corrected chi connectivity index (χ1v) is 7.25. The number of benzene rings is 2. The van der Waals surface area contributed by atoms with E-state index in [0.717, 1.165) is 33.7 Å². The molecule has 0 aliphatic carbocycles. The smallest absolute Gasteiger partial charge is 0.166 e. The highest BCUT2D eigenvalue weighted by Gasteiger charge is 2.12. The summed E-state index contributed by atoms with van der Waals surface area (Å²) in [6.45, 7) is 0. The van der Waals surface area contributed by atoms with Crippen LogP contribution in [0, 0.1) is 0 Å². The number of fused-ring (bicyclic) bond motifs is 1. The van der Waals surface area contributed by atoms with E-state index in [2.05, 4.69) is 15.1 Å². The molecule has 2 heterocycles. The molecule has 0 saturated carbocycles. The number of hydrogen-bond acceptors (Lipinski definition) is 4. The lowest BCUT2D eigenvalue weighted by Gasteiger charge is -2.05. The maximum absolute atomic E-state index is 5.21. The fraction of sp³-hybridized carbons (Fsp3) is 0.0556. The summed E-state index contributed by atoms with van der Waals surface area (Å²) < 4.78 is 7.03. The monoisotopic (exact) mass is 302 g/mol. The van der Waals surface area contributed by atoms with Crippen LogP contribution in [0.2, 0.25) is 0 Å².